The molecule has 0 amide bonds. The lowest BCUT2D eigenvalue weighted by Crippen LogP contribution is -1.95. The van der Waals surface area contributed by atoms with E-state index in [9.17, 15) is 4.79 Å². The topological polar surface area (TPSA) is 96.7 Å². The summed E-state index contributed by atoms with van der Waals surface area (Å²) >= 11 is 0. The lowest BCUT2D eigenvalue weighted by Gasteiger charge is -2.03. The average molecular weight is 307 g/mol. The van der Waals surface area contributed by atoms with E-state index in [-0.39, 0.29) is 5.56 Å². The molecule has 0 radical (unpaired) electrons. The van der Waals surface area contributed by atoms with E-state index in [1.165, 1.54) is 0 Å². The van der Waals surface area contributed by atoms with Gasteiger partial charge in [0.1, 0.15) is 0 Å². The molecule has 7 heteroatoms. The number of aryl methyl sites for hydroxylation is 2. The number of aromatic amines is 1. The van der Waals surface area contributed by atoms with Gasteiger partial charge in [-0.1, -0.05) is 5.21 Å². The van der Waals surface area contributed by atoms with Crippen molar-refractivity contribution >= 4 is 27.9 Å². The number of benzene rings is 1. The Morgan fingerprint density at radius 1 is 1.30 bits per heavy atom. The molecule has 1 aromatic carbocycles. The molecule has 0 atom stereocenters. The van der Waals surface area contributed by atoms with Crippen LogP contribution in [-0.4, -0.2) is 36.0 Å². The molecule has 0 saturated heterocycles. The Kier molecular flexibility index (Phi) is 2.71. The van der Waals surface area contributed by atoms with Crippen LogP contribution in [0.2, 0.25) is 0 Å². The predicted molar refractivity (Wildman–Crippen MR) is 85.3 cm³/mol. The fraction of sp³-hybridized carbons (Fsp3) is 0.125. The van der Waals surface area contributed by atoms with Gasteiger partial charge in [0.05, 0.1) is 28.0 Å². The molecule has 0 aliphatic heterocycles. The summed E-state index contributed by atoms with van der Waals surface area (Å²) in [5.74, 6) is -0.953. The van der Waals surface area contributed by atoms with Crippen molar-refractivity contribution < 1.29 is 9.90 Å². The number of carboxylic acid groups (broad SMARTS) is 1. The lowest BCUT2D eigenvalue weighted by molar-refractivity contribution is 0.0697. The number of rotatable bonds is 2. The molecule has 0 unspecified atom stereocenters. The number of hydrogen-bond donors (Lipinski definition) is 2. The Balaban J connectivity index is 2.08. The van der Waals surface area contributed by atoms with Crippen LogP contribution in [0, 0.1) is 6.92 Å². The van der Waals surface area contributed by atoms with Gasteiger partial charge in [0.15, 0.2) is 0 Å². The number of nitrogens with one attached hydrogen (secondary N) is 1. The highest BCUT2D eigenvalue weighted by atomic mass is 16.4. The van der Waals surface area contributed by atoms with E-state index in [0.717, 1.165) is 38.9 Å². The van der Waals surface area contributed by atoms with Crippen molar-refractivity contribution in [3.05, 3.63) is 41.7 Å². The summed E-state index contributed by atoms with van der Waals surface area (Å²) in [6, 6.07) is 6.89. The highest BCUT2D eigenvalue weighted by molar-refractivity contribution is 6.10. The van der Waals surface area contributed by atoms with Gasteiger partial charge in [-0.25, -0.2) is 9.48 Å². The standard InChI is InChI=1S/C16H13N5O2/c1-8-15(21(2)20-19-8)11-5-6-17-13-10-4-3-9(16(22)23)7-12(10)18-14(11)13/h3-7,18H,1-2H3,(H,22,23). The van der Waals surface area contributed by atoms with Gasteiger partial charge in [-0.3, -0.25) is 4.98 Å². The quantitative estimate of drug-likeness (QED) is 0.593. The predicted octanol–water partition coefficient (Wildman–Crippen LogP) is 2.52. The van der Waals surface area contributed by atoms with Crippen molar-refractivity contribution in [3.63, 3.8) is 0 Å². The van der Waals surface area contributed by atoms with Gasteiger partial charge >= 0.3 is 5.97 Å². The van der Waals surface area contributed by atoms with Crippen molar-refractivity contribution in [2.24, 2.45) is 7.05 Å². The van der Waals surface area contributed by atoms with E-state index in [0.29, 0.717) is 0 Å². The molecule has 0 spiro atoms. The monoisotopic (exact) mass is 307 g/mol. The molecule has 0 aliphatic carbocycles. The van der Waals surface area contributed by atoms with Crippen molar-refractivity contribution in [1.82, 2.24) is 25.0 Å². The summed E-state index contributed by atoms with van der Waals surface area (Å²) in [4.78, 5) is 18.9. The van der Waals surface area contributed by atoms with Gasteiger partial charge in [-0.2, -0.15) is 0 Å². The van der Waals surface area contributed by atoms with Gasteiger partial charge < -0.3 is 10.1 Å². The number of carboxylic acids is 1. The molecular weight excluding hydrogens is 294 g/mol. The van der Waals surface area contributed by atoms with E-state index < -0.39 is 5.97 Å². The first-order valence-corrected chi connectivity index (χ1v) is 7.06. The minimum atomic E-state index is -0.953. The molecular formula is C16H13N5O2. The van der Waals surface area contributed by atoms with Gasteiger partial charge in [0.25, 0.3) is 0 Å². The number of carbonyl (C=O) groups is 1. The van der Waals surface area contributed by atoms with E-state index in [1.54, 1.807) is 29.1 Å². The summed E-state index contributed by atoms with van der Waals surface area (Å²) in [6.07, 6.45) is 1.74. The fourth-order valence-corrected chi connectivity index (χ4v) is 2.94. The van der Waals surface area contributed by atoms with Crippen molar-refractivity contribution in [2.45, 2.75) is 6.92 Å². The Labute approximate surface area is 130 Å². The first-order valence-electron chi connectivity index (χ1n) is 7.06. The minimum Gasteiger partial charge on any atom is -0.478 e. The molecule has 2 N–H and O–H groups in total. The zero-order valence-corrected chi connectivity index (χ0v) is 12.5. The maximum Gasteiger partial charge on any atom is 0.335 e. The maximum atomic E-state index is 11.2. The number of aromatic carboxylic acids is 1. The van der Waals surface area contributed by atoms with Crippen LogP contribution < -0.4 is 0 Å². The van der Waals surface area contributed by atoms with Crippen LogP contribution >= 0.6 is 0 Å². The Morgan fingerprint density at radius 3 is 2.83 bits per heavy atom. The van der Waals surface area contributed by atoms with Crippen LogP contribution in [-0.2, 0) is 7.05 Å². The molecule has 0 bridgehead atoms. The van der Waals surface area contributed by atoms with E-state index in [2.05, 4.69) is 20.3 Å². The highest BCUT2D eigenvalue weighted by Crippen LogP contribution is 2.32. The second-order valence-corrected chi connectivity index (χ2v) is 5.42. The summed E-state index contributed by atoms with van der Waals surface area (Å²) < 4.78 is 1.72. The zero-order chi connectivity index (χ0) is 16.1. The number of fused-ring (bicyclic) bond motifs is 3. The largest absolute Gasteiger partial charge is 0.478 e. The van der Waals surface area contributed by atoms with Crippen LogP contribution in [0.1, 0.15) is 16.1 Å². The summed E-state index contributed by atoms with van der Waals surface area (Å²) in [7, 11) is 1.84. The lowest BCUT2D eigenvalue weighted by atomic mass is 10.1. The summed E-state index contributed by atoms with van der Waals surface area (Å²) in [5, 5.41) is 18.2. The molecule has 7 nitrogen and oxygen atoms in total. The Morgan fingerprint density at radius 2 is 2.13 bits per heavy atom. The Hall–Kier alpha value is -3.22. The number of H-pyrrole nitrogens is 1. The first kappa shape index (κ1) is 13.4. The normalized spacial score (nSPS) is 11.4. The number of hydrogen-bond acceptors (Lipinski definition) is 4. The molecule has 3 heterocycles. The molecule has 3 aromatic heterocycles. The van der Waals surface area contributed by atoms with Crippen LogP contribution in [0.3, 0.4) is 0 Å². The van der Waals surface area contributed by atoms with Crippen molar-refractivity contribution in [2.75, 3.05) is 0 Å². The smallest absolute Gasteiger partial charge is 0.335 e. The van der Waals surface area contributed by atoms with E-state index >= 15 is 0 Å². The molecule has 114 valence electrons. The van der Waals surface area contributed by atoms with Crippen molar-refractivity contribution in [3.8, 4) is 11.3 Å². The zero-order valence-electron chi connectivity index (χ0n) is 12.5. The second-order valence-electron chi connectivity index (χ2n) is 5.42. The molecule has 0 saturated carbocycles. The van der Waals surface area contributed by atoms with Gasteiger partial charge in [0, 0.05) is 29.7 Å². The molecule has 0 aliphatic rings. The maximum absolute atomic E-state index is 11.2. The van der Waals surface area contributed by atoms with Gasteiger partial charge in [-0.05, 0) is 31.2 Å². The SMILES string of the molecule is Cc1nnn(C)c1-c1ccnc2c1[nH]c1cc(C(=O)O)ccc12. The van der Waals surface area contributed by atoms with E-state index in [4.69, 9.17) is 5.11 Å². The summed E-state index contributed by atoms with van der Waals surface area (Å²) in [6.45, 7) is 1.90. The average Bonchev–Trinajstić information content (AvgIpc) is 3.06. The number of aromatic nitrogens is 5. The summed E-state index contributed by atoms with van der Waals surface area (Å²) in [5.41, 5.74) is 5.30. The van der Waals surface area contributed by atoms with Gasteiger partial charge in [-0.15, -0.1) is 5.10 Å². The molecule has 4 aromatic rings. The van der Waals surface area contributed by atoms with E-state index in [1.807, 2.05) is 20.0 Å². The first-order chi connectivity index (χ1) is 11.1. The molecule has 0 fully saturated rings. The van der Waals surface area contributed by atoms with Crippen LogP contribution in [0.15, 0.2) is 30.5 Å². The van der Waals surface area contributed by atoms with Crippen LogP contribution in [0.5, 0.6) is 0 Å². The van der Waals surface area contributed by atoms with Crippen LogP contribution in [0.4, 0.5) is 0 Å². The third-order valence-corrected chi connectivity index (χ3v) is 3.98. The highest BCUT2D eigenvalue weighted by Gasteiger charge is 2.16. The van der Waals surface area contributed by atoms with Crippen molar-refractivity contribution in [1.29, 1.82) is 0 Å². The minimum absolute atomic E-state index is 0.240. The third-order valence-electron chi connectivity index (χ3n) is 3.98. The fourth-order valence-electron chi connectivity index (χ4n) is 2.94. The Bertz CT molecular complexity index is 1060. The van der Waals surface area contributed by atoms with Gasteiger partial charge in [0.2, 0.25) is 0 Å². The molecule has 23 heavy (non-hydrogen) atoms. The third kappa shape index (κ3) is 1.90. The second kappa shape index (κ2) is 4.64. The van der Waals surface area contributed by atoms with Crippen LogP contribution in [0.25, 0.3) is 33.2 Å². The number of pyridine rings is 1. The number of nitrogens with zero attached hydrogens (tertiary/aromatic N) is 4. The molecule has 4 rings (SSSR count).